The molecule has 0 unspecified atom stereocenters. The minimum atomic E-state index is -0.384. The Hall–Kier alpha value is -2.89. The maximum absolute atomic E-state index is 12.7. The van der Waals surface area contributed by atoms with Crippen LogP contribution in [0.1, 0.15) is 48.2 Å². The topological polar surface area (TPSA) is 74.6 Å². The van der Waals surface area contributed by atoms with Gasteiger partial charge in [0.1, 0.15) is 0 Å². The number of hydrogen-bond acceptors (Lipinski definition) is 5. The normalized spacial score (nSPS) is 10.4. The van der Waals surface area contributed by atoms with Crippen molar-refractivity contribution in [2.75, 3.05) is 13.2 Å². The summed E-state index contributed by atoms with van der Waals surface area (Å²) in [6.07, 6.45) is 4.65. The smallest absolute Gasteiger partial charge is 0.310 e. The van der Waals surface area contributed by atoms with Gasteiger partial charge in [0.05, 0.1) is 26.1 Å². The Morgan fingerprint density at radius 3 is 1.74 bits per heavy atom. The second kappa shape index (κ2) is 10.3. The van der Waals surface area contributed by atoms with E-state index in [-0.39, 0.29) is 30.7 Å². The molecule has 2 aromatic rings. The highest BCUT2D eigenvalue weighted by atomic mass is 16.5. The zero-order valence-corrected chi connectivity index (χ0v) is 15.8. The number of ether oxygens (including phenoxy) is 2. The minimum absolute atomic E-state index is 0.00542. The Kier molecular flexibility index (Phi) is 7.79. The molecule has 0 atom stereocenters. The SMILES string of the molecule is CCCOC(=O)Cc1cn(C(=O)c2ccccc2)cc1CC(=O)OCCC. The molecule has 6 heteroatoms. The van der Waals surface area contributed by atoms with Crippen LogP contribution in [0.2, 0.25) is 0 Å². The molecule has 0 aliphatic rings. The molecule has 0 amide bonds. The molecule has 0 fully saturated rings. The first kappa shape index (κ1) is 20.4. The summed E-state index contributed by atoms with van der Waals surface area (Å²) in [6.45, 7) is 4.52. The summed E-state index contributed by atoms with van der Waals surface area (Å²) in [4.78, 5) is 36.7. The van der Waals surface area contributed by atoms with Crippen molar-refractivity contribution in [2.45, 2.75) is 39.5 Å². The van der Waals surface area contributed by atoms with Crippen molar-refractivity contribution in [3.8, 4) is 0 Å². The van der Waals surface area contributed by atoms with Crippen molar-refractivity contribution in [1.29, 1.82) is 0 Å². The molecule has 0 spiro atoms. The van der Waals surface area contributed by atoms with E-state index in [0.29, 0.717) is 29.9 Å². The molecule has 1 heterocycles. The van der Waals surface area contributed by atoms with Crippen molar-refractivity contribution in [3.05, 3.63) is 59.4 Å². The highest BCUT2D eigenvalue weighted by Crippen LogP contribution is 2.16. The predicted octanol–water partition coefficient (Wildman–Crippen LogP) is 3.17. The third-order valence-electron chi connectivity index (χ3n) is 3.86. The van der Waals surface area contributed by atoms with Crippen LogP contribution >= 0.6 is 0 Å². The van der Waals surface area contributed by atoms with Gasteiger partial charge in [-0.3, -0.25) is 19.0 Å². The van der Waals surface area contributed by atoms with Crippen molar-refractivity contribution < 1.29 is 23.9 Å². The van der Waals surface area contributed by atoms with Gasteiger partial charge in [-0.25, -0.2) is 0 Å². The van der Waals surface area contributed by atoms with Gasteiger partial charge in [0.15, 0.2) is 0 Å². The van der Waals surface area contributed by atoms with Crippen LogP contribution < -0.4 is 0 Å². The maximum atomic E-state index is 12.7. The van der Waals surface area contributed by atoms with Crippen molar-refractivity contribution in [2.24, 2.45) is 0 Å². The average molecular weight is 371 g/mol. The lowest BCUT2D eigenvalue weighted by Crippen LogP contribution is -2.12. The quantitative estimate of drug-likeness (QED) is 0.633. The Morgan fingerprint density at radius 1 is 0.815 bits per heavy atom. The zero-order chi connectivity index (χ0) is 19.6. The van der Waals surface area contributed by atoms with Gasteiger partial charge in [-0.05, 0) is 36.1 Å². The van der Waals surface area contributed by atoms with Crippen LogP contribution in [-0.4, -0.2) is 35.6 Å². The fraction of sp³-hybridized carbons (Fsp3) is 0.381. The molecular formula is C21H25NO5. The number of rotatable bonds is 9. The van der Waals surface area contributed by atoms with Crippen LogP contribution in [0, 0.1) is 0 Å². The van der Waals surface area contributed by atoms with Gasteiger partial charge in [0.25, 0.3) is 5.91 Å². The number of carbonyl (C=O) groups is 3. The van der Waals surface area contributed by atoms with E-state index in [9.17, 15) is 14.4 Å². The zero-order valence-electron chi connectivity index (χ0n) is 15.8. The van der Waals surface area contributed by atoms with E-state index >= 15 is 0 Å². The lowest BCUT2D eigenvalue weighted by Gasteiger charge is -2.05. The molecule has 1 aromatic heterocycles. The van der Waals surface area contributed by atoms with E-state index in [1.807, 2.05) is 19.9 Å². The number of nitrogens with zero attached hydrogens (tertiary/aromatic N) is 1. The van der Waals surface area contributed by atoms with Gasteiger partial charge in [-0.1, -0.05) is 32.0 Å². The van der Waals surface area contributed by atoms with Crippen LogP contribution in [0.3, 0.4) is 0 Å². The van der Waals surface area contributed by atoms with E-state index < -0.39 is 0 Å². The van der Waals surface area contributed by atoms with Crippen molar-refractivity contribution >= 4 is 17.8 Å². The fourth-order valence-corrected chi connectivity index (χ4v) is 2.55. The molecule has 0 aliphatic carbocycles. The van der Waals surface area contributed by atoms with Gasteiger partial charge >= 0.3 is 11.9 Å². The number of hydrogen-bond donors (Lipinski definition) is 0. The van der Waals surface area contributed by atoms with E-state index in [0.717, 1.165) is 12.8 Å². The molecule has 1 aromatic carbocycles. The number of aromatic nitrogens is 1. The van der Waals surface area contributed by atoms with Gasteiger partial charge < -0.3 is 9.47 Å². The lowest BCUT2D eigenvalue weighted by molar-refractivity contribution is -0.144. The maximum Gasteiger partial charge on any atom is 0.310 e. The summed E-state index contributed by atoms with van der Waals surface area (Å²) < 4.78 is 11.7. The minimum Gasteiger partial charge on any atom is -0.465 e. The first-order valence-corrected chi connectivity index (χ1v) is 9.15. The van der Waals surface area contributed by atoms with E-state index in [4.69, 9.17) is 9.47 Å². The third-order valence-corrected chi connectivity index (χ3v) is 3.86. The summed E-state index contributed by atoms with van der Waals surface area (Å²) >= 11 is 0. The first-order chi connectivity index (χ1) is 13.0. The van der Waals surface area contributed by atoms with E-state index in [1.165, 1.54) is 4.57 Å². The molecule has 2 rings (SSSR count). The van der Waals surface area contributed by atoms with Gasteiger partial charge in [0, 0.05) is 18.0 Å². The fourth-order valence-electron chi connectivity index (χ4n) is 2.55. The van der Waals surface area contributed by atoms with Crippen molar-refractivity contribution in [3.63, 3.8) is 0 Å². The molecule has 0 aliphatic heterocycles. The second-order valence-electron chi connectivity index (χ2n) is 6.18. The van der Waals surface area contributed by atoms with Crippen LogP contribution in [0.15, 0.2) is 42.7 Å². The summed E-state index contributed by atoms with van der Waals surface area (Å²) in [6, 6.07) is 8.82. The number of benzene rings is 1. The molecule has 6 nitrogen and oxygen atoms in total. The van der Waals surface area contributed by atoms with Crippen LogP contribution in [0.25, 0.3) is 0 Å². The molecule has 0 N–H and O–H groups in total. The Bertz CT molecular complexity index is 740. The Labute approximate surface area is 159 Å². The molecule has 0 saturated heterocycles. The van der Waals surface area contributed by atoms with E-state index in [1.54, 1.807) is 36.7 Å². The highest BCUT2D eigenvalue weighted by Gasteiger charge is 2.18. The monoisotopic (exact) mass is 371 g/mol. The molecule has 0 bridgehead atoms. The van der Waals surface area contributed by atoms with Crippen molar-refractivity contribution in [1.82, 2.24) is 4.57 Å². The van der Waals surface area contributed by atoms with E-state index in [2.05, 4.69) is 0 Å². The summed E-state index contributed by atoms with van der Waals surface area (Å²) in [5.74, 6) is -0.998. The summed E-state index contributed by atoms with van der Waals surface area (Å²) in [5.41, 5.74) is 1.70. The Balaban J connectivity index is 2.23. The number of esters is 2. The number of carbonyl (C=O) groups excluding carboxylic acids is 3. The molecule has 0 radical (unpaired) electrons. The standard InChI is InChI=1S/C21H25NO5/c1-3-10-26-19(23)12-17-14-22(21(25)16-8-6-5-7-9-16)15-18(17)13-20(24)27-11-4-2/h5-9,14-15H,3-4,10-13H2,1-2H3. The molecule has 0 saturated carbocycles. The van der Waals surface area contributed by atoms with Crippen LogP contribution in [0.5, 0.6) is 0 Å². The Morgan fingerprint density at radius 2 is 1.30 bits per heavy atom. The van der Waals surface area contributed by atoms with Gasteiger partial charge in [-0.2, -0.15) is 0 Å². The van der Waals surface area contributed by atoms with Gasteiger partial charge in [0.2, 0.25) is 0 Å². The molecule has 27 heavy (non-hydrogen) atoms. The van der Waals surface area contributed by atoms with Crippen LogP contribution in [0.4, 0.5) is 0 Å². The molecule has 144 valence electrons. The predicted molar refractivity (Wildman–Crippen MR) is 101 cm³/mol. The molecular weight excluding hydrogens is 346 g/mol. The average Bonchev–Trinajstić information content (AvgIpc) is 3.06. The second-order valence-corrected chi connectivity index (χ2v) is 6.18. The summed E-state index contributed by atoms with van der Waals surface area (Å²) in [5, 5.41) is 0. The summed E-state index contributed by atoms with van der Waals surface area (Å²) in [7, 11) is 0. The van der Waals surface area contributed by atoms with Crippen LogP contribution in [-0.2, 0) is 31.9 Å². The van der Waals surface area contributed by atoms with Gasteiger partial charge in [-0.15, -0.1) is 0 Å². The third kappa shape index (κ3) is 6.09. The highest BCUT2D eigenvalue weighted by molar-refractivity contribution is 5.96. The first-order valence-electron chi connectivity index (χ1n) is 9.15. The largest absolute Gasteiger partial charge is 0.465 e. The lowest BCUT2D eigenvalue weighted by atomic mass is 10.1.